The fourth-order valence-electron chi connectivity index (χ4n) is 3.67. The van der Waals surface area contributed by atoms with Crippen LogP contribution < -0.4 is 0 Å². The van der Waals surface area contributed by atoms with E-state index < -0.39 is 5.79 Å². The molecule has 1 aliphatic carbocycles. The predicted octanol–water partition coefficient (Wildman–Crippen LogP) is 1.30. The molecule has 1 saturated heterocycles. The van der Waals surface area contributed by atoms with Crippen molar-refractivity contribution in [1.29, 1.82) is 0 Å². The lowest BCUT2D eigenvalue weighted by Crippen LogP contribution is -2.55. The summed E-state index contributed by atoms with van der Waals surface area (Å²) in [5, 5.41) is 18.5. The van der Waals surface area contributed by atoms with Crippen LogP contribution in [-0.4, -0.2) is 42.4 Å². The molecule has 2 rings (SSSR count). The van der Waals surface area contributed by atoms with Crippen molar-refractivity contribution in [2.24, 2.45) is 11.3 Å². The van der Waals surface area contributed by atoms with E-state index in [0.29, 0.717) is 25.6 Å². The van der Waals surface area contributed by atoms with Crippen LogP contribution in [0.4, 0.5) is 0 Å². The lowest BCUT2D eigenvalue weighted by atomic mass is 9.61. The first-order chi connectivity index (χ1) is 8.18. The first kappa shape index (κ1) is 13.3. The van der Waals surface area contributed by atoms with Gasteiger partial charge in [-0.25, -0.2) is 0 Å². The molecule has 0 unspecified atom stereocenters. The molecule has 4 heteroatoms. The van der Waals surface area contributed by atoms with Crippen molar-refractivity contribution in [3.8, 4) is 0 Å². The molecule has 0 radical (unpaired) electrons. The maximum atomic E-state index is 9.34. The summed E-state index contributed by atoms with van der Waals surface area (Å²) in [6.45, 7) is 3.78. The summed E-state index contributed by atoms with van der Waals surface area (Å²) in [6, 6.07) is 0. The van der Waals surface area contributed by atoms with Gasteiger partial charge in [0.25, 0.3) is 0 Å². The Morgan fingerprint density at radius 3 is 2.47 bits per heavy atom. The molecule has 1 spiro atoms. The van der Waals surface area contributed by atoms with Crippen molar-refractivity contribution in [3.05, 3.63) is 0 Å². The maximum absolute atomic E-state index is 9.34. The van der Waals surface area contributed by atoms with Crippen molar-refractivity contribution in [2.75, 3.05) is 26.4 Å². The number of aliphatic hydroxyl groups is 2. The Morgan fingerprint density at radius 1 is 1.18 bits per heavy atom. The highest BCUT2D eigenvalue weighted by Gasteiger charge is 2.57. The quantitative estimate of drug-likeness (QED) is 0.782. The van der Waals surface area contributed by atoms with Crippen LogP contribution in [0.1, 0.15) is 39.0 Å². The minimum atomic E-state index is -0.520. The lowest BCUT2D eigenvalue weighted by molar-refractivity contribution is -0.273. The molecule has 100 valence electrons. The highest BCUT2D eigenvalue weighted by atomic mass is 16.7. The van der Waals surface area contributed by atoms with Crippen molar-refractivity contribution in [3.63, 3.8) is 0 Å². The summed E-state index contributed by atoms with van der Waals surface area (Å²) in [5.74, 6) is -0.153. The molecule has 2 N–H and O–H groups in total. The second-order valence-electron chi connectivity index (χ2n) is 5.44. The summed E-state index contributed by atoms with van der Waals surface area (Å²) in [4.78, 5) is 0. The van der Waals surface area contributed by atoms with Crippen LogP contribution in [0.25, 0.3) is 0 Å². The smallest absolute Gasteiger partial charge is 0.174 e. The number of aliphatic hydroxyl groups excluding tert-OH is 2. The van der Waals surface area contributed by atoms with Gasteiger partial charge in [-0.3, -0.25) is 0 Å². The summed E-state index contributed by atoms with van der Waals surface area (Å²) in [7, 11) is 0. The standard InChI is InChI=1S/C13H24O4/c1-12(6-8-15)11(4-7-14)3-2-5-13(12)16-9-10-17-13/h11,14-15H,2-10H2,1H3/t11-,12-/m1/s1. The van der Waals surface area contributed by atoms with Gasteiger partial charge in [-0.1, -0.05) is 6.92 Å². The van der Waals surface area contributed by atoms with Crippen LogP contribution in [0.15, 0.2) is 0 Å². The number of hydrogen-bond donors (Lipinski definition) is 2. The first-order valence-electron chi connectivity index (χ1n) is 6.68. The molecule has 4 nitrogen and oxygen atoms in total. The molecule has 2 atom stereocenters. The van der Waals surface area contributed by atoms with E-state index in [0.717, 1.165) is 25.7 Å². The average molecular weight is 244 g/mol. The van der Waals surface area contributed by atoms with Gasteiger partial charge in [0.05, 0.1) is 13.2 Å². The molecule has 0 aromatic heterocycles. The molecular weight excluding hydrogens is 220 g/mol. The SMILES string of the molecule is C[C@@]1(CCO)[C@@H](CCO)CCCC12OCCO2. The van der Waals surface area contributed by atoms with E-state index >= 15 is 0 Å². The van der Waals surface area contributed by atoms with Gasteiger partial charge < -0.3 is 19.7 Å². The van der Waals surface area contributed by atoms with E-state index in [-0.39, 0.29) is 18.6 Å². The zero-order chi connectivity index (χ0) is 12.4. The number of hydrogen-bond acceptors (Lipinski definition) is 4. The van der Waals surface area contributed by atoms with Gasteiger partial charge in [0.2, 0.25) is 0 Å². The molecule has 0 amide bonds. The van der Waals surface area contributed by atoms with E-state index in [1.54, 1.807) is 0 Å². The summed E-state index contributed by atoms with van der Waals surface area (Å²) in [6.07, 6.45) is 4.52. The average Bonchev–Trinajstić information content (AvgIpc) is 2.77. The third kappa shape index (κ3) is 2.12. The van der Waals surface area contributed by atoms with Gasteiger partial charge in [0, 0.05) is 25.0 Å². The third-order valence-electron chi connectivity index (χ3n) is 4.69. The minimum absolute atomic E-state index is 0.146. The Hall–Kier alpha value is -0.160. The molecule has 1 saturated carbocycles. The number of rotatable bonds is 4. The highest BCUT2D eigenvalue weighted by Crippen LogP contribution is 2.55. The van der Waals surface area contributed by atoms with E-state index in [2.05, 4.69) is 6.92 Å². The molecule has 0 aromatic rings. The van der Waals surface area contributed by atoms with E-state index in [4.69, 9.17) is 9.47 Å². The summed E-state index contributed by atoms with van der Waals surface area (Å²) >= 11 is 0. The monoisotopic (exact) mass is 244 g/mol. The second-order valence-corrected chi connectivity index (χ2v) is 5.44. The van der Waals surface area contributed by atoms with Gasteiger partial charge in [-0.2, -0.15) is 0 Å². The van der Waals surface area contributed by atoms with Crippen LogP contribution >= 0.6 is 0 Å². The Morgan fingerprint density at radius 2 is 1.88 bits per heavy atom. The van der Waals surface area contributed by atoms with Crippen molar-refractivity contribution >= 4 is 0 Å². The van der Waals surface area contributed by atoms with E-state index in [1.807, 2.05) is 0 Å². The molecule has 17 heavy (non-hydrogen) atoms. The third-order valence-corrected chi connectivity index (χ3v) is 4.69. The summed E-state index contributed by atoms with van der Waals surface area (Å²) in [5.41, 5.74) is -0.181. The normalized spacial score (nSPS) is 36.5. The zero-order valence-corrected chi connectivity index (χ0v) is 10.7. The van der Waals surface area contributed by atoms with Gasteiger partial charge in [0.1, 0.15) is 0 Å². The molecule has 1 heterocycles. The minimum Gasteiger partial charge on any atom is -0.396 e. The Kier molecular flexibility index (Phi) is 4.08. The van der Waals surface area contributed by atoms with Gasteiger partial charge in [-0.15, -0.1) is 0 Å². The van der Waals surface area contributed by atoms with Crippen LogP contribution in [0, 0.1) is 11.3 Å². The molecule has 0 aromatic carbocycles. The Bertz CT molecular complexity index is 248. The zero-order valence-electron chi connectivity index (χ0n) is 10.7. The van der Waals surface area contributed by atoms with Crippen molar-refractivity contribution < 1.29 is 19.7 Å². The van der Waals surface area contributed by atoms with Crippen LogP contribution in [-0.2, 0) is 9.47 Å². The molecule has 0 bridgehead atoms. The number of ether oxygens (including phenoxy) is 2. The molecular formula is C13H24O4. The lowest BCUT2D eigenvalue weighted by Gasteiger charge is -2.52. The van der Waals surface area contributed by atoms with Crippen molar-refractivity contribution in [1.82, 2.24) is 0 Å². The van der Waals surface area contributed by atoms with Gasteiger partial charge in [-0.05, 0) is 31.6 Å². The van der Waals surface area contributed by atoms with Crippen LogP contribution in [0.2, 0.25) is 0 Å². The maximum Gasteiger partial charge on any atom is 0.174 e. The topological polar surface area (TPSA) is 58.9 Å². The summed E-state index contributed by atoms with van der Waals surface area (Å²) < 4.78 is 11.8. The Balaban J connectivity index is 2.24. The Labute approximate surface area is 103 Å². The van der Waals surface area contributed by atoms with Gasteiger partial charge >= 0.3 is 0 Å². The second kappa shape index (κ2) is 5.22. The van der Waals surface area contributed by atoms with Crippen LogP contribution in [0.3, 0.4) is 0 Å². The fourth-order valence-corrected chi connectivity index (χ4v) is 3.67. The van der Waals surface area contributed by atoms with Crippen molar-refractivity contribution in [2.45, 2.75) is 44.8 Å². The largest absolute Gasteiger partial charge is 0.396 e. The first-order valence-corrected chi connectivity index (χ1v) is 6.68. The highest BCUT2D eigenvalue weighted by molar-refractivity contribution is 5.00. The van der Waals surface area contributed by atoms with Crippen LogP contribution in [0.5, 0.6) is 0 Å². The predicted molar refractivity (Wildman–Crippen MR) is 63.5 cm³/mol. The molecule has 2 fully saturated rings. The fraction of sp³-hybridized carbons (Fsp3) is 1.00. The molecule has 2 aliphatic rings. The molecule has 1 aliphatic heterocycles. The van der Waals surface area contributed by atoms with E-state index in [9.17, 15) is 10.2 Å². The van der Waals surface area contributed by atoms with E-state index in [1.165, 1.54) is 0 Å². The van der Waals surface area contributed by atoms with Gasteiger partial charge in [0.15, 0.2) is 5.79 Å².